The topological polar surface area (TPSA) is 40.5 Å². The monoisotopic (exact) mass is 275 g/mol. The van der Waals surface area contributed by atoms with Crippen molar-refractivity contribution in [2.45, 2.75) is 39.2 Å². The molecule has 0 saturated carbocycles. The molecule has 0 spiro atoms. The predicted molar refractivity (Wildman–Crippen MR) is 80.2 cm³/mol. The van der Waals surface area contributed by atoms with Gasteiger partial charge in [0.25, 0.3) is 0 Å². The minimum absolute atomic E-state index is 0.257. The molecule has 1 fully saturated rings. The molecule has 110 valence electrons. The molecule has 0 radical (unpaired) electrons. The lowest BCUT2D eigenvalue weighted by Crippen LogP contribution is -2.40. The van der Waals surface area contributed by atoms with Crippen LogP contribution in [0.15, 0.2) is 30.3 Å². The molecule has 20 heavy (non-hydrogen) atoms. The van der Waals surface area contributed by atoms with E-state index in [4.69, 9.17) is 0 Å². The molecule has 0 aliphatic carbocycles. The van der Waals surface area contributed by atoms with Crippen LogP contribution in [0.1, 0.15) is 44.8 Å². The summed E-state index contributed by atoms with van der Waals surface area (Å²) in [7, 11) is 0. The molecular weight excluding hydrogens is 250 g/mol. The second-order valence-electron chi connectivity index (χ2n) is 6.17. The van der Waals surface area contributed by atoms with Crippen molar-refractivity contribution in [3.63, 3.8) is 0 Å². The fourth-order valence-electron chi connectivity index (χ4n) is 2.87. The molecule has 1 saturated heterocycles. The molecule has 2 rings (SSSR count). The van der Waals surface area contributed by atoms with Crippen LogP contribution in [0.5, 0.6) is 0 Å². The molecule has 1 amide bonds. The quantitative estimate of drug-likeness (QED) is 0.917. The van der Waals surface area contributed by atoms with E-state index >= 15 is 0 Å². The van der Waals surface area contributed by atoms with Crippen LogP contribution in [0, 0.1) is 11.8 Å². The average molecular weight is 275 g/mol. The van der Waals surface area contributed by atoms with Gasteiger partial charge in [-0.25, -0.2) is 0 Å². The Hall–Kier alpha value is -1.35. The summed E-state index contributed by atoms with van der Waals surface area (Å²) < 4.78 is 0. The second-order valence-corrected chi connectivity index (χ2v) is 6.17. The highest BCUT2D eigenvalue weighted by atomic mass is 16.3. The number of aliphatic hydroxyl groups is 1. The number of likely N-dealkylation sites (tertiary alicyclic amines) is 1. The standard InChI is InChI=1S/C17H25NO2/c1-13(2)12-16(19)18-10-8-15(9-11-18)17(20)14-6-4-3-5-7-14/h3-7,13,15,17,20H,8-12H2,1-2H3. The van der Waals surface area contributed by atoms with Crippen LogP contribution >= 0.6 is 0 Å². The Morgan fingerprint density at radius 3 is 2.40 bits per heavy atom. The number of hydrogen-bond donors (Lipinski definition) is 1. The van der Waals surface area contributed by atoms with E-state index in [9.17, 15) is 9.90 Å². The van der Waals surface area contributed by atoms with Crippen molar-refractivity contribution in [2.75, 3.05) is 13.1 Å². The smallest absolute Gasteiger partial charge is 0.222 e. The number of nitrogens with zero attached hydrogens (tertiary/aromatic N) is 1. The van der Waals surface area contributed by atoms with Gasteiger partial charge in [-0.2, -0.15) is 0 Å². The number of benzene rings is 1. The van der Waals surface area contributed by atoms with E-state index in [1.807, 2.05) is 35.2 Å². The van der Waals surface area contributed by atoms with Crippen LogP contribution in [0.2, 0.25) is 0 Å². The number of aliphatic hydroxyl groups excluding tert-OH is 1. The van der Waals surface area contributed by atoms with Gasteiger partial charge < -0.3 is 10.0 Å². The number of amides is 1. The van der Waals surface area contributed by atoms with Crippen LogP contribution in [-0.4, -0.2) is 29.0 Å². The first-order valence-corrected chi connectivity index (χ1v) is 7.58. The van der Waals surface area contributed by atoms with Gasteiger partial charge in [0.15, 0.2) is 0 Å². The van der Waals surface area contributed by atoms with E-state index in [0.29, 0.717) is 12.3 Å². The molecule has 3 nitrogen and oxygen atoms in total. The van der Waals surface area contributed by atoms with Crippen molar-refractivity contribution in [1.29, 1.82) is 0 Å². The number of hydrogen-bond acceptors (Lipinski definition) is 2. The molecule has 0 bridgehead atoms. The summed E-state index contributed by atoms with van der Waals surface area (Å²) in [5, 5.41) is 10.4. The molecule has 1 aliphatic rings. The maximum absolute atomic E-state index is 12.0. The number of rotatable bonds is 4. The van der Waals surface area contributed by atoms with E-state index < -0.39 is 6.10 Å². The van der Waals surface area contributed by atoms with E-state index in [0.717, 1.165) is 31.5 Å². The lowest BCUT2D eigenvalue weighted by Gasteiger charge is -2.34. The summed E-state index contributed by atoms with van der Waals surface area (Å²) in [5.74, 6) is 0.934. The van der Waals surface area contributed by atoms with E-state index in [-0.39, 0.29) is 11.8 Å². The Kier molecular flexibility index (Phi) is 5.18. The average Bonchev–Trinajstić information content (AvgIpc) is 2.47. The summed E-state index contributed by atoms with van der Waals surface area (Å²) in [6, 6.07) is 9.82. The highest BCUT2D eigenvalue weighted by Crippen LogP contribution is 2.30. The van der Waals surface area contributed by atoms with Crippen LogP contribution in [0.25, 0.3) is 0 Å². The molecule has 1 aromatic rings. The summed E-state index contributed by atoms with van der Waals surface area (Å²) in [6.45, 7) is 5.70. The van der Waals surface area contributed by atoms with Gasteiger partial charge in [-0.15, -0.1) is 0 Å². The lowest BCUT2D eigenvalue weighted by atomic mass is 9.87. The molecule has 1 aliphatic heterocycles. The van der Waals surface area contributed by atoms with Gasteiger partial charge in [-0.3, -0.25) is 4.79 Å². The normalized spacial score (nSPS) is 18.3. The van der Waals surface area contributed by atoms with Crippen molar-refractivity contribution < 1.29 is 9.90 Å². The first kappa shape index (κ1) is 15.0. The number of carbonyl (C=O) groups excluding carboxylic acids is 1. The first-order chi connectivity index (χ1) is 9.58. The number of carbonyl (C=O) groups is 1. The Bertz CT molecular complexity index is 422. The van der Waals surface area contributed by atoms with Crippen molar-refractivity contribution in [2.24, 2.45) is 11.8 Å². The molecule has 1 aromatic carbocycles. The first-order valence-electron chi connectivity index (χ1n) is 7.58. The predicted octanol–water partition coefficient (Wildman–Crippen LogP) is 3.00. The molecule has 1 N–H and O–H groups in total. The van der Waals surface area contributed by atoms with E-state index in [2.05, 4.69) is 13.8 Å². The Morgan fingerprint density at radius 2 is 1.85 bits per heavy atom. The maximum Gasteiger partial charge on any atom is 0.222 e. The summed E-state index contributed by atoms with van der Waals surface area (Å²) in [5.41, 5.74) is 0.986. The minimum atomic E-state index is -0.404. The highest BCUT2D eigenvalue weighted by molar-refractivity contribution is 5.76. The maximum atomic E-state index is 12.0. The summed E-state index contributed by atoms with van der Waals surface area (Å²) in [6.07, 6.45) is 2.00. The molecular formula is C17H25NO2. The zero-order valence-electron chi connectivity index (χ0n) is 12.5. The molecule has 0 aromatic heterocycles. The third-order valence-electron chi connectivity index (χ3n) is 4.06. The highest BCUT2D eigenvalue weighted by Gasteiger charge is 2.28. The third-order valence-corrected chi connectivity index (χ3v) is 4.06. The Balaban J connectivity index is 1.87. The fraction of sp³-hybridized carbons (Fsp3) is 0.588. The number of piperidine rings is 1. The van der Waals surface area contributed by atoms with Gasteiger partial charge in [0, 0.05) is 19.5 Å². The zero-order chi connectivity index (χ0) is 14.5. The van der Waals surface area contributed by atoms with Crippen LogP contribution in [-0.2, 0) is 4.79 Å². The van der Waals surface area contributed by atoms with Gasteiger partial charge in [-0.05, 0) is 30.2 Å². The SMILES string of the molecule is CC(C)CC(=O)N1CCC(C(O)c2ccccc2)CC1. The molecule has 1 heterocycles. The van der Waals surface area contributed by atoms with Gasteiger partial charge in [0.05, 0.1) is 6.10 Å². The van der Waals surface area contributed by atoms with E-state index in [1.54, 1.807) is 0 Å². The van der Waals surface area contributed by atoms with Crippen LogP contribution in [0.3, 0.4) is 0 Å². The molecule has 1 unspecified atom stereocenters. The van der Waals surface area contributed by atoms with Gasteiger partial charge in [0.1, 0.15) is 0 Å². The minimum Gasteiger partial charge on any atom is -0.388 e. The van der Waals surface area contributed by atoms with Crippen molar-refractivity contribution in [3.05, 3.63) is 35.9 Å². The van der Waals surface area contributed by atoms with E-state index in [1.165, 1.54) is 0 Å². The van der Waals surface area contributed by atoms with Gasteiger partial charge >= 0.3 is 0 Å². The van der Waals surface area contributed by atoms with Gasteiger partial charge in [-0.1, -0.05) is 44.2 Å². The fourth-order valence-corrected chi connectivity index (χ4v) is 2.87. The largest absolute Gasteiger partial charge is 0.388 e. The van der Waals surface area contributed by atoms with Gasteiger partial charge in [0.2, 0.25) is 5.91 Å². The molecule has 3 heteroatoms. The Morgan fingerprint density at radius 1 is 1.25 bits per heavy atom. The van der Waals surface area contributed by atoms with Crippen molar-refractivity contribution in [1.82, 2.24) is 4.90 Å². The van der Waals surface area contributed by atoms with Crippen LogP contribution < -0.4 is 0 Å². The third kappa shape index (κ3) is 3.83. The zero-order valence-corrected chi connectivity index (χ0v) is 12.5. The van der Waals surface area contributed by atoms with Crippen molar-refractivity contribution in [3.8, 4) is 0 Å². The molecule has 1 atom stereocenters. The summed E-state index contributed by atoms with van der Waals surface area (Å²) in [4.78, 5) is 14.0. The summed E-state index contributed by atoms with van der Waals surface area (Å²) >= 11 is 0. The Labute approximate surface area is 121 Å². The second kappa shape index (κ2) is 6.89. The van der Waals surface area contributed by atoms with Crippen LogP contribution in [0.4, 0.5) is 0 Å². The lowest BCUT2D eigenvalue weighted by molar-refractivity contribution is -0.134. The van der Waals surface area contributed by atoms with Crippen molar-refractivity contribution >= 4 is 5.91 Å².